The summed E-state index contributed by atoms with van der Waals surface area (Å²) in [6.45, 7) is 2.00. The maximum atomic E-state index is 11.4. The fourth-order valence-electron chi connectivity index (χ4n) is 2.06. The lowest BCUT2D eigenvalue weighted by Gasteiger charge is -2.19. The molecule has 3 heterocycles. The molecule has 0 N–H and O–H groups in total. The standard InChI is InChI=1S/C12H11NO4/c1-7(14)11-8-4-6-16-12(10(8)13-17-11)9-3-2-5-15-9/h2-3,5,12H,4,6H2,1H3. The highest BCUT2D eigenvalue weighted by Gasteiger charge is 2.32. The van der Waals surface area contributed by atoms with E-state index in [-0.39, 0.29) is 11.9 Å². The fraction of sp³-hybridized carbons (Fsp3) is 0.333. The number of fused-ring (bicyclic) bond motifs is 1. The van der Waals surface area contributed by atoms with Crippen LogP contribution in [0.15, 0.2) is 27.3 Å². The van der Waals surface area contributed by atoms with E-state index in [1.807, 2.05) is 6.07 Å². The van der Waals surface area contributed by atoms with E-state index in [1.54, 1.807) is 12.3 Å². The Bertz CT molecular complexity index is 541. The third-order valence-electron chi connectivity index (χ3n) is 2.82. The van der Waals surface area contributed by atoms with Crippen LogP contribution in [0, 0.1) is 0 Å². The molecule has 5 heteroatoms. The minimum absolute atomic E-state index is 0.112. The van der Waals surface area contributed by atoms with Gasteiger partial charge in [0, 0.05) is 18.9 Å². The summed E-state index contributed by atoms with van der Waals surface area (Å²) in [6.07, 6.45) is 1.86. The molecule has 0 saturated carbocycles. The molecule has 0 aliphatic carbocycles. The number of carbonyl (C=O) groups is 1. The molecule has 0 saturated heterocycles. The average molecular weight is 233 g/mol. The second kappa shape index (κ2) is 3.85. The molecule has 2 aromatic rings. The lowest BCUT2D eigenvalue weighted by Crippen LogP contribution is -2.17. The summed E-state index contributed by atoms with van der Waals surface area (Å²) in [5.74, 6) is 0.896. The van der Waals surface area contributed by atoms with Gasteiger partial charge in [0.15, 0.2) is 11.9 Å². The molecule has 0 fully saturated rings. The molecule has 17 heavy (non-hydrogen) atoms. The average Bonchev–Trinajstić information content (AvgIpc) is 2.97. The topological polar surface area (TPSA) is 65.5 Å². The van der Waals surface area contributed by atoms with Crippen LogP contribution in [-0.4, -0.2) is 17.5 Å². The summed E-state index contributed by atoms with van der Waals surface area (Å²) < 4.78 is 16.0. The molecule has 1 unspecified atom stereocenters. The van der Waals surface area contributed by atoms with E-state index in [0.717, 1.165) is 5.56 Å². The van der Waals surface area contributed by atoms with Crippen LogP contribution in [0.25, 0.3) is 0 Å². The van der Waals surface area contributed by atoms with Crippen molar-refractivity contribution in [1.29, 1.82) is 0 Å². The van der Waals surface area contributed by atoms with Crippen molar-refractivity contribution in [3.63, 3.8) is 0 Å². The molecule has 0 bridgehead atoms. The van der Waals surface area contributed by atoms with Gasteiger partial charge in [0.05, 0.1) is 12.9 Å². The van der Waals surface area contributed by atoms with E-state index >= 15 is 0 Å². The third-order valence-corrected chi connectivity index (χ3v) is 2.82. The predicted octanol–water partition coefficient (Wildman–Crippen LogP) is 2.13. The van der Waals surface area contributed by atoms with Crippen molar-refractivity contribution in [2.24, 2.45) is 0 Å². The smallest absolute Gasteiger partial charge is 0.205 e. The Balaban J connectivity index is 2.06. The van der Waals surface area contributed by atoms with Crippen molar-refractivity contribution < 1.29 is 18.5 Å². The van der Waals surface area contributed by atoms with Gasteiger partial charge in [0.1, 0.15) is 11.5 Å². The Morgan fingerprint density at radius 3 is 3.12 bits per heavy atom. The first-order valence-electron chi connectivity index (χ1n) is 5.41. The zero-order chi connectivity index (χ0) is 11.8. The predicted molar refractivity (Wildman–Crippen MR) is 56.7 cm³/mol. The molecular formula is C12H11NO4. The van der Waals surface area contributed by atoms with E-state index in [1.165, 1.54) is 6.92 Å². The Morgan fingerprint density at radius 2 is 2.41 bits per heavy atom. The number of hydrogen-bond acceptors (Lipinski definition) is 5. The quantitative estimate of drug-likeness (QED) is 0.743. The second-order valence-electron chi connectivity index (χ2n) is 3.95. The Morgan fingerprint density at radius 1 is 1.53 bits per heavy atom. The van der Waals surface area contributed by atoms with Crippen molar-refractivity contribution in [1.82, 2.24) is 5.16 Å². The number of Topliss-reactive ketones (excluding diaryl/α,β-unsaturated/α-hetero) is 1. The number of aromatic nitrogens is 1. The van der Waals surface area contributed by atoms with Crippen molar-refractivity contribution in [2.75, 3.05) is 6.61 Å². The first kappa shape index (κ1) is 10.3. The van der Waals surface area contributed by atoms with Gasteiger partial charge in [-0.05, 0) is 12.1 Å². The molecule has 1 aliphatic rings. The number of ether oxygens (including phenoxy) is 1. The lowest BCUT2D eigenvalue weighted by molar-refractivity contribution is 0.0512. The molecule has 88 valence electrons. The van der Waals surface area contributed by atoms with Gasteiger partial charge in [-0.3, -0.25) is 4.79 Å². The molecule has 0 amide bonds. The van der Waals surface area contributed by atoms with Crippen molar-refractivity contribution in [3.8, 4) is 0 Å². The number of carbonyl (C=O) groups excluding carboxylic acids is 1. The van der Waals surface area contributed by atoms with Gasteiger partial charge >= 0.3 is 0 Å². The SMILES string of the molecule is CC(=O)c1onc2c1CCOC2c1ccco1. The Labute approximate surface area is 97.3 Å². The highest BCUT2D eigenvalue weighted by atomic mass is 16.5. The Kier molecular flexibility index (Phi) is 2.33. The van der Waals surface area contributed by atoms with Gasteiger partial charge in [-0.2, -0.15) is 0 Å². The van der Waals surface area contributed by atoms with Crippen molar-refractivity contribution >= 4 is 5.78 Å². The molecule has 0 aromatic carbocycles. The van der Waals surface area contributed by atoms with Crippen LogP contribution in [0.4, 0.5) is 0 Å². The molecule has 1 aliphatic heterocycles. The molecule has 3 rings (SSSR count). The van der Waals surface area contributed by atoms with E-state index in [4.69, 9.17) is 13.7 Å². The Hall–Kier alpha value is -1.88. The van der Waals surface area contributed by atoms with E-state index < -0.39 is 0 Å². The van der Waals surface area contributed by atoms with Crippen LogP contribution in [-0.2, 0) is 11.2 Å². The molecule has 0 spiro atoms. The summed E-state index contributed by atoms with van der Waals surface area (Å²) >= 11 is 0. The third kappa shape index (κ3) is 1.59. The zero-order valence-electron chi connectivity index (χ0n) is 9.30. The monoisotopic (exact) mass is 233 g/mol. The van der Waals surface area contributed by atoms with E-state index in [0.29, 0.717) is 30.2 Å². The first-order chi connectivity index (χ1) is 8.27. The second-order valence-corrected chi connectivity index (χ2v) is 3.95. The van der Waals surface area contributed by atoms with Crippen LogP contribution >= 0.6 is 0 Å². The minimum atomic E-state index is -0.370. The normalized spacial score (nSPS) is 19.0. The summed E-state index contributed by atoms with van der Waals surface area (Å²) in [5.41, 5.74) is 1.49. The highest BCUT2D eigenvalue weighted by molar-refractivity contribution is 5.92. The van der Waals surface area contributed by atoms with Crippen molar-refractivity contribution in [3.05, 3.63) is 41.2 Å². The lowest BCUT2D eigenvalue weighted by atomic mass is 10.0. The largest absolute Gasteiger partial charge is 0.466 e. The summed E-state index contributed by atoms with van der Waals surface area (Å²) in [7, 11) is 0. The molecular weight excluding hydrogens is 222 g/mol. The molecule has 5 nitrogen and oxygen atoms in total. The fourth-order valence-corrected chi connectivity index (χ4v) is 2.06. The molecule has 1 atom stereocenters. The van der Waals surface area contributed by atoms with Crippen LogP contribution in [0.5, 0.6) is 0 Å². The van der Waals surface area contributed by atoms with E-state index in [9.17, 15) is 4.79 Å². The van der Waals surface area contributed by atoms with Gasteiger partial charge in [-0.1, -0.05) is 5.16 Å². The van der Waals surface area contributed by atoms with Crippen LogP contribution in [0.3, 0.4) is 0 Å². The van der Waals surface area contributed by atoms with Gasteiger partial charge in [0.2, 0.25) is 5.76 Å². The van der Waals surface area contributed by atoms with Gasteiger partial charge in [-0.25, -0.2) is 0 Å². The first-order valence-corrected chi connectivity index (χ1v) is 5.41. The molecule has 2 aromatic heterocycles. The maximum Gasteiger partial charge on any atom is 0.205 e. The summed E-state index contributed by atoms with van der Waals surface area (Å²) in [4.78, 5) is 11.4. The number of ketones is 1. The van der Waals surface area contributed by atoms with Gasteiger partial charge in [-0.15, -0.1) is 0 Å². The maximum absolute atomic E-state index is 11.4. The van der Waals surface area contributed by atoms with Gasteiger partial charge < -0.3 is 13.7 Å². The van der Waals surface area contributed by atoms with Gasteiger partial charge in [0.25, 0.3) is 0 Å². The summed E-state index contributed by atoms with van der Waals surface area (Å²) in [6, 6.07) is 3.61. The number of hydrogen-bond donors (Lipinski definition) is 0. The molecule has 0 radical (unpaired) electrons. The van der Waals surface area contributed by atoms with Crippen LogP contribution < -0.4 is 0 Å². The number of nitrogens with zero attached hydrogens (tertiary/aromatic N) is 1. The zero-order valence-corrected chi connectivity index (χ0v) is 9.30. The van der Waals surface area contributed by atoms with Crippen molar-refractivity contribution in [2.45, 2.75) is 19.4 Å². The number of furan rings is 1. The highest BCUT2D eigenvalue weighted by Crippen LogP contribution is 2.33. The van der Waals surface area contributed by atoms with Crippen LogP contribution in [0.2, 0.25) is 0 Å². The summed E-state index contributed by atoms with van der Waals surface area (Å²) in [5, 5.41) is 3.93. The van der Waals surface area contributed by atoms with E-state index in [2.05, 4.69) is 5.16 Å². The number of rotatable bonds is 2. The van der Waals surface area contributed by atoms with Crippen LogP contribution in [0.1, 0.15) is 40.6 Å². The minimum Gasteiger partial charge on any atom is -0.466 e.